The van der Waals surface area contributed by atoms with Crippen LogP contribution in [0, 0.1) is 20.8 Å². The van der Waals surface area contributed by atoms with Gasteiger partial charge >= 0.3 is 0 Å². The van der Waals surface area contributed by atoms with E-state index in [0.29, 0.717) is 73.2 Å². The summed E-state index contributed by atoms with van der Waals surface area (Å²) in [6.07, 6.45) is 4.06. The van der Waals surface area contributed by atoms with Crippen LogP contribution >= 0.6 is 0 Å². The Kier molecular flexibility index (Phi) is 19.2. The first kappa shape index (κ1) is 63.8. The van der Waals surface area contributed by atoms with E-state index in [0.717, 1.165) is 204 Å². The molecule has 0 bridgehead atoms. The molecule has 6 aromatic rings. The molecule has 12 atom stereocenters. The molecule has 0 amide bonds. The average Bonchev–Trinajstić information content (AvgIpc) is 1.97. The summed E-state index contributed by atoms with van der Waals surface area (Å²) in [5, 5.41) is 0. The summed E-state index contributed by atoms with van der Waals surface area (Å²) in [6, 6.07) is 43.8. The van der Waals surface area contributed by atoms with Crippen LogP contribution in [0.15, 0.2) is 127 Å². The van der Waals surface area contributed by atoms with Gasteiger partial charge in [-0.25, -0.2) is 0 Å². The summed E-state index contributed by atoms with van der Waals surface area (Å²) < 4.78 is 84.2. The lowest BCUT2D eigenvalue weighted by atomic mass is 10.1. The first-order valence-corrected chi connectivity index (χ1v) is 34.6. The summed E-state index contributed by atoms with van der Waals surface area (Å²) in [6.45, 7) is 27.5. The maximum Gasteiger partial charge on any atom is 0.129 e. The summed E-state index contributed by atoms with van der Waals surface area (Å²) in [5.74, 6) is 5.03. The molecular weight excluding hydrogens is 1220 g/mol. The molecule has 0 N–H and O–H groups in total. The molecule has 12 fully saturated rings. The molecule has 0 aliphatic carbocycles. The second-order valence-electron chi connectivity index (χ2n) is 27.5. The lowest BCUT2D eigenvalue weighted by Crippen LogP contribution is -2.32. The molecule has 18 rings (SSSR count). The van der Waals surface area contributed by atoms with Crippen molar-refractivity contribution in [2.45, 2.75) is 94.0 Å². The van der Waals surface area contributed by atoms with Crippen molar-refractivity contribution >= 4 is 34.1 Å². The van der Waals surface area contributed by atoms with Crippen LogP contribution in [0.3, 0.4) is 0 Å². The second kappa shape index (κ2) is 28.9. The number of anilines is 6. The summed E-state index contributed by atoms with van der Waals surface area (Å²) in [7, 11) is 0. The molecule has 510 valence electrons. The Morgan fingerprint density at radius 3 is 0.802 bits per heavy atom. The Labute approximate surface area is 562 Å². The number of nitrogens with zero attached hydrogens (tertiary/aromatic N) is 6. The summed E-state index contributed by atoms with van der Waals surface area (Å²) in [4.78, 5) is 14.2. The molecular formula is C75H90N6O15. The Balaban J connectivity index is 0.000000113. The van der Waals surface area contributed by atoms with Crippen LogP contribution in [0.5, 0.6) is 34.5 Å². The zero-order valence-corrected chi connectivity index (χ0v) is 55.3. The highest BCUT2D eigenvalue weighted by atomic mass is 16.6. The van der Waals surface area contributed by atoms with Gasteiger partial charge in [-0.1, -0.05) is 18.2 Å². The van der Waals surface area contributed by atoms with Gasteiger partial charge in [-0.3, -0.25) is 0 Å². The van der Waals surface area contributed by atoms with E-state index in [1.54, 1.807) is 0 Å². The van der Waals surface area contributed by atoms with Crippen molar-refractivity contribution in [1.82, 2.24) is 0 Å². The first-order chi connectivity index (χ1) is 47.1. The molecule has 21 heteroatoms. The van der Waals surface area contributed by atoms with E-state index >= 15 is 0 Å². The third kappa shape index (κ3) is 19.4. The van der Waals surface area contributed by atoms with Crippen LogP contribution in [-0.4, -0.2) is 231 Å². The minimum absolute atomic E-state index is 0.327. The SMILES string of the molecule is Cc1cc(Oc2ccc(C)c(N(CC3CO3)CC3CO3)c2)ccc1N(CC1CO1)CC1CO1.Cc1cc(Oc2cccc(N(CC3CO3)CC3CO3)c2)ccc1N(CC1CO1)CC1CO1.c1cc(Oc2ccc(N(CC3CO3)CC3CO3)cc2)cc(N(CC2CO2)CC2CO2)c1. The highest BCUT2D eigenvalue weighted by Crippen LogP contribution is 2.38. The van der Waals surface area contributed by atoms with Crippen molar-refractivity contribution in [1.29, 1.82) is 0 Å². The molecule has 0 aromatic heterocycles. The topological polar surface area (TPSA) is 197 Å². The van der Waals surface area contributed by atoms with Crippen molar-refractivity contribution in [3.8, 4) is 34.5 Å². The van der Waals surface area contributed by atoms with Gasteiger partial charge in [0.05, 0.1) is 153 Å². The maximum atomic E-state index is 6.31. The largest absolute Gasteiger partial charge is 0.457 e. The van der Waals surface area contributed by atoms with Gasteiger partial charge in [0.1, 0.15) is 34.5 Å². The fraction of sp³-hybridized carbons (Fsp3) is 0.520. The van der Waals surface area contributed by atoms with Crippen molar-refractivity contribution < 1.29 is 71.1 Å². The lowest BCUT2D eigenvalue weighted by Gasteiger charge is -2.26. The second-order valence-corrected chi connectivity index (χ2v) is 27.5. The number of hydrogen-bond donors (Lipinski definition) is 0. The molecule has 0 radical (unpaired) electrons. The number of rotatable bonds is 36. The van der Waals surface area contributed by atoms with Gasteiger partial charge in [0.2, 0.25) is 0 Å². The minimum Gasteiger partial charge on any atom is -0.457 e. The predicted molar refractivity (Wildman–Crippen MR) is 363 cm³/mol. The van der Waals surface area contributed by atoms with Crippen LogP contribution in [0.4, 0.5) is 34.1 Å². The van der Waals surface area contributed by atoms with Crippen LogP contribution < -0.4 is 43.6 Å². The van der Waals surface area contributed by atoms with Gasteiger partial charge in [-0.15, -0.1) is 0 Å². The number of benzene rings is 6. The fourth-order valence-electron chi connectivity index (χ4n) is 12.4. The number of aryl methyl sites for hydroxylation is 3. The molecule has 0 spiro atoms. The van der Waals surface area contributed by atoms with Crippen molar-refractivity contribution in [3.05, 3.63) is 144 Å². The van der Waals surface area contributed by atoms with Gasteiger partial charge in [0.25, 0.3) is 0 Å². The quantitative estimate of drug-likeness (QED) is 0.0337. The number of hydrogen-bond acceptors (Lipinski definition) is 21. The van der Waals surface area contributed by atoms with Crippen LogP contribution in [-0.2, 0) is 56.8 Å². The monoisotopic (exact) mass is 1310 g/mol. The van der Waals surface area contributed by atoms with E-state index in [1.807, 2.05) is 42.5 Å². The van der Waals surface area contributed by atoms with E-state index < -0.39 is 0 Å². The van der Waals surface area contributed by atoms with Crippen molar-refractivity contribution in [2.24, 2.45) is 0 Å². The van der Waals surface area contributed by atoms with Gasteiger partial charge < -0.3 is 100 Å². The normalized spacial score (nSPS) is 27.0. The molecule has 12 aliphatic heterocycles. The Bertz CT molecular complexity index is 3500. The Morgan fingerprint density at radius 1 is 0.240 bits per heavy atom. The molecule has 12 saturated heterocycles. The zero-order valence-electron chi connectivity index (χ0n) is 55.3. The smallest absolute Gasteiger partial charge is 0.129 e. The van der Waals surface area contributed by atoms with E-state index in [2.05, 4.69) is 135 Å². The highest BCUT2D eigenvalue weighted by Gasteiger charge is 2.37. The van der Waals surface area contributed by atoms with Gasteiger partial charge in [0.15, 0.2) is 0 Å². The predicted octanol–water partition coefficient (Wildman–Crippen LogP) is 8.99. The summed E-state index contributed by atoms with van der Waals surface area (Å²) in [5.41, 5.74) is 10.7. The van der Waals surface area contributed by atoms with E-state index in [1.165, 1.54) is 39.4 Å². The van der Waals surface area contributed by atoms with Gasteiger partial charge in [-0.2, -0.15) is 0 Å². The number of ether oxygens (including phenoxy) is 15. The highest BCUT2D eigenvalue weighted by molar-refractivity contribution is 5.61. The Morgan fingerprint density at radius 2 is 0.490 bits per heavy atom. The van der Waals surface area contributed by atoms with E-state index in [4.69, 9.17) is 71.1 Å². The standard InChI is InChI=1S/C26H32N2O5.C25H30N2O5.C24H28N2O5/c1-17-3-4-20(8-26(17)28(11-23-15-31-23)12-24-16-32-24)33-19-5-6-25(18(2)7-19)27(9-21-13-29-21)10-22-14-30-22;1-17-7-20(5-6-25(17)27(11-23-15-30-23)12-24-16-31-24)32-19-4-2-3-18(8-19)26(9-21-13-28-21)10-22-14-29-22;1-2-18(26(11-23-15-29-23)12-24-16-30-24)8-20(3-1)31-19-6-4-17(5-7-19)25(9-21-13-27-21)10-22-14-28-22/h3-8,21-24H,9-16H2,1-2H3;2-8,21-24H,9-16H2,1H3;1-8,21-24H,9-16H2. The molecule has 12 unspecified atom stereocenters. The molecule has 6 aromatic carbocycles. The first-order valence-electron chi connectivity index (χ1n) is 34.6. The van der Waals surface area contributed by atoms with Gasteiger partial charge in [0, 0.05) is 131 Å². The minimum atomic E-state index is 0.327. The molecule has 0 saturated carbocycles. The Hall–Kier alpha value is -6.96. The molecule has 21 nitrogen and oxygen atoms in total. The fourth-order valence-corrected chi connectivity index (χ4v) is 12.4. The van der Waals surface area contributed by atoms with Crippen molar-refractivity contribution in [3.63, 3.8) is 0 Å². The van der Waals surface area contributed by atoms with Crippen LogP contribution in [0.1, 0.15) is 16.7 Å². The maximum absolute atomic E-state index is 6.31. The van der Waals surface area contributed by atoms with Crippen molar-refractivity contribution in [2.75, 3.05) is 187 Å². The molecule has 12 aliphatic rings. The van der Waals surface area contributed by atoms with E-state index in [-0.39, 0.29) is 0 Å². The zero-order chi connectivity index (χ0) is 64.5. The van der Waals surface area contributed by atoms with Crippen LogP contribution in [0.2, 0.25) is 0 Å². The third-order valence-electron chi connectivity index (χ3n) is 18.7. The van der Waals surface area contributed by atoms with E-state index in [9.17, 15) is 0 Å². The lowest BCUT2D eigenvalue weighted by molar-refractivity contribution is 0.388. The molecule has 96 heavy (non-hydrogen) atoms. The third-order valence-corrected chi connectivity index (χ3v) is 18.7. The van der Waals surface area contributed by atoms with Crippen LogP contribution in [0.25, 0.3) is 0 Å². The van der Waals surface area contributed by atoms with Gasteiger partial charge in [-0.05, 0) is 128 Å². The summed E-state index contributed by atoms with van der Waals surface area (Å²) >= 11 is 0. The average molecular weight is 1320 g/mol. The number of epoxide rings is 12. The molecule has 12 heterocycles.